The molecule has 1 unspecified atom stereocenters. The SMILES string of the molecule is Cc1cccc(-c2ccnc(CC(C)CN)n2)c1. The first kappa shape index (κ1) is 12.7. The molecule has 1 heterocycles. The molecule has 1 aromatic heterocycles. The van der Waals surface area contributed by atoms with Crippen LogP contribution >= 0.6 is 0 Å². The quantitative estimate of drug-likeness (QED) is 0.895. The second-order valence-electron chi connectivity index (χ2n) is 4.77. The fourth-order valence-electron chi connectivity index (χ4n) is 1.86. The van der Waals surface area contributed by atoms with Gasteiger partial charge < -0.3 is 5.73 Å². The van der Waals surface area contributed by atoms with Gasteiger partial charge in [0.15, 0.2) is 0 Å². The van der Waals surface area contributed by atoms with Crippen LogP contribution in [0.4, 0.5) is 0 Å². The predicted octanol–water partition coefficient (Wildman–Crippen LogP) is 2.59. The van der Waals surface area contributed by atoms with Crippen LogP contribution in [0.15, 0.2) is 36.5 Å². The number of aryl methyl sites for hydroxylation is 1. The zero-order valence-electron chi connectivity index (χ0n) is 10.9. The first-order valence-electron chi connectivity index (χ1n) is 6.28. The van der Waals surface area contributed by atoms with Gasteiger partial charge in [0.05, 0.1) is 5.69 Å². The van der Waals surface area contributed by atoms with E-state index in [1.807, 2.05) is 12.3 Å². The van der Waals surface area contributed by atoms with Crippen LogP contribution in [0.5, 0.6) is 0 Å². The van der Waals surface area contributed by atoms with Crippen molar-refractivity contribution in [1.29, 1.82) is 0 Å². The van der Waals surface area contributed by atoms with Crippen LogP contribution in [0.1, 0.15) is 18.3 Å². The molecule has 0 amide bonds. The summed E-state index contributed by atoms with van der Waals surface area (Å²) in [5.74, 6) is 1.28. The molecule has 0 bridgehead atoms. The summed E-state index contributed by atoms with van der Waals surface area (Å²) in [6.07, 6.45) is 2.65. The minimum absolute atomic E-state index is 0.415. The van der Waals surface area contributed by atoms with Crippen molar-refractivity contribution in [2.75, 3.05) is 6.54 Å². The van der Waals surface area contributed by atoms with E-state index in [0.717, 1.165) is 23.5 Å². The molecule has 0 radical (unpaired) electrons. The molecule has 0 fully saturated rings. The van der Waals surface area contributed by atoms with Crippen molar-refractivity contribution in [3.63, 3.8) is 0 Å². The van der Waals surface area contributed by atoms with E-state index < -0.39 is 0 Å². The molecule has 0 saturated carbocycles. The molecule has 3 nitrogen and oxygen atoms in total. The number of nitrogens with two attached hydrogens (primary N) is 1. The molecule has 0 aliphatic heterocycles. The van der Waals surface area contributed by atoms with Crippen molar-refractivity contribution in [3.05, 3.63) is 47.9 Å². The fourth-order valence-corrected chi connectivity index (χ4v) is 1.86. The molecule has 0 spiro atoms. The van der Waals surface area contributed by atoms with E-state index in [9.17, 15) is 0 Å². The van der Waals surface area contributed by atoms with E-state index >= 15 is 0 Å². The highest BCUT2D eigenvalue weighted by molar-refractivity contribution is 5.59. The van der Waals surface area contributed by atoms with Crippen LogP contribution in [-0.2, 0) is 6.42 Å². The van der Waals surface area contributed by atoms with Crippen molar-refractivity contribution >= 4 is 0 Å². The zero-order chi connectivity index (χ0) is 13.0. The first-order valence-corrected chi connectivity index (χ1v) is 6.28. The first-order chi connectivity index (χ1) is 8.69. The van der Waals surface area contributed by atoms with Crippen LogP contribution < -0.4 is 5.73 Å². The van der Waals surface area contributed by atoms with Gasteiger partial charge in [0.2, 0.25) is 0 Å². The maximum Gasteiger partial charge on any atom is 0.129 e. The Morgan fingerprint density at radius 1 is 1.28 bits per heavy atom. The van der Waals surface area contributed by atoms with Crippen LogP contribution in [0.2, 0.25) is 0 Å². The lowest BCUT2D eigenvalue weighted by Crippen LogP contribution is -2.14. The topological polar surface area (TPSA) is 51.8 Å². The molecule has 0 saturated heterocycles. The number of rotatable bonds is 4. The third kappa shape index (κ3) is 3.14. The molecule has 1 aromatic carbocycles. The standard InChI is InChI=1S/C15H19N3/c1-11-4-3-5-13(8-11)14-6-7-17-15(18-14)9-12(2)10-16/h3-8,12H,9-10,16H2,1-2H3. The average Bonchev–Trinajstić information content (AvgIpc) is 2.39. The minimum Gasteiger partial charge on any atom is -0.330 e. The van der Waals surface area contributed by atoms with Gasteiger partial charge in [-0.3, -0.25) is 0 Å². The second kappa shape index (κ2) is 5.74. The Morgan fingerprint density at radius 3 is 2.83 bits per heavy atom. The third-order valence-electron chi connectivity index (χ3n) is 2.95. The molecule has 2 N–H and O–H groups in total. The summed E-state index contributed by atoms with van der Waals surface area (Å²) in [6.45, 7) is 4.86. The molecule has 2 rings (SSSR count). The van der Waals surface area contributed by atoms with Gasteiger partial charge in [-0.2, -0.15) is 0 Å². The summed E-state index contributed by atoms with van der Waals surface area (Å²) in [7, 11) is 0. The highest BCUT2D eigenvalue weighted by atomic mass is 14.9. The summed E-state index contributed by atoms with van der Waals surface area (Å²) in [5, 5.41) is 0. The Hall–Kier alpha value is -1.74. The van der Waals surface area contributed by atoms with Crippen LogP contribution in [0.25, 0.3) is 11.3 Å². The van der Waals surface area contributed by atoms with E-state index in [2.05, 4.69) is 48.1 Å². The van der Waals surface area contributed by atoms with Crippen molar-refractivity contribution in [1.82, 2.24) is 9.97 Å². The summed E-state index contributed by atoms with van der Waals surface area (Å²) < 4.78 is 0. The van der Waals surface area contributed by atoms with Crippen molar-refractivity contribution in [2.45, 2.75) is 20.3 Å². The highest BCUT2D eigenvalue weighted by Crippen LogP contribution is 2.18. The van der Waals surface area contributed by atoms with Gasteiger partial charge >= 0.3 is 0 Å². The summed E-state index contributed by atoms with van der Waals surface area (Å²) in [4.78, 5) is 8.91. The second-order valence-corrected chi connectivity index (χ2v) is 4.77. The minimum atomic E-state index is 0.415. The summed E-state index contributed by atoms with van der Waals surface area (Å²) >= 11 is 0. The zero-order valence-corrected chi connectivity index (χ0v) is 10.9. The summed E-state index contributed by atoms with van der Waals surface area (Å²) in [5.41, 5.74) is 8.99. The molecular formula is C15H19N3. The normalized spacial score (nSPS) is 12.4. The number of hydrogen-bond acceptors (Lipinski definition) is 3. The van der Waals surface area contributed by atoms with Crippen molar-refractivity contribution < 1.29 is 0 Å². The van der Waals surface area contributed by atoms with Gasteiger partial charge in [0, 0.05) is 18.2 Å². The largest absolute Gasteiger partial charge is 0.330 e. The maximum absolute atomic E-state index is 5.63. The van der Waals surface area contributed by atoms with E-state index in [-0.39, 0.29) is 0 Å². The van der Waals surface area contributed by atoms with E-state index in [0.29, 0.717) is 12.5 Å². The number of nitrogens with zero attached hydrogens (tertiary/aromatic N) is 2. The van der Waals surface area contributed by atoms with Crippen molar-refractivity contribution in [2.24, 2.45) is 11.7 Å². The van der Waals surface area contributed by atoms with E-state index in [1.165, 1.54) is 5.56 Å². The van der Waals surface area contributed by atoms with Gasteiger partial charge in [-0.15, -0.1) is 0 Å². The van der Waals surface area contributed by atoms with Gasteiger partial charge in [-0.1, -0.05) is 30.7 Å². The van der Waals surface area contributed by atoms with E-state index in [4.69, 9.17) is 5.73 Å². The Morgan fingerprint density at radius 2 is 2.11 bits per heavy atom. The predicted molar refractivity (Wildman–Crippen MR) is 74.1 cm³/mol. The monoisotopic (exact) mass is 241 g/mol. The average molecular weight is 241 g/mol. The third-order valence-corrected chi connectivity index (χ3v) is 2.95. The molecule has 18 heavy (non-hydrogen) atoms. The molecular weight excluding hydrogens is 222 g/mol. The number of hydrogen-bond donors (Lipinski definition) is 1. The highest BCUT2D eigenvalue weighted by Gasteiger charge is 2.06. The molecule has 0 aliphatic rings. The van der Waals surface area contributed by atoms with Crippen LogP contribution in [0, 0.1) is 12.8 Å². The maximum atomic E-state index is 5.63. The lowest BCUT2D eigenvalue weighted by atomic mass is 10.1. The smallest absolute Gasteiger partial charge is 0.129 e. The van der Waals surface area contributed by atoms with Crippen LogP contribution in [-0.4, -0.2) is 16.5 Å². The lowest BCUT2D eigenvalue weighted by molar-refractivity contribution is 0.574. The Balaban J connectivity index is 2.27. The number of aromatic nitrogens is 2. The van der Waals surface area contributed by atoms with Gasteiger partial charge in [0.1, 0.15) is 5.82 Å². The van der Waals surface area contributed by atoms with Crippen molar-refractivity contribution in [3.8, 4) is 11.3 Å². The van der Waals surface area contributed by atoms with Gasteiger partial charge in [-0.05, 0) is 31.5 Å². The summed E-state index contributed by atoms with van der Waals surface area (Å²) in [6, 6.07) is 10.3. The lowest BCUT2D eigenvalue weighted by Gasteiger charge is -2.08. The Kier molecular flexibility index (Phi) is 4.05. The Labute approximate surface area is 108 Å². The van der Waals surface area contributed by atoms with Gasteiger partial charge in [0.25, 0.3) is 0 Å². The van der Waals surface area contributed by atoms with E-state index in [1.54, 1.807) is 0 Å². The van der Waals surface area contributed by atoms with Crippen LogP contribution in [0.3, 0.4) is 0 Å². The Bertz CT molecular complexity index is 523. The molecule has 0 aliphatic carbocycles. The molecule has 3 heteroatoms. The number of benzene rings is 1. The molecule has 94 valence electrons. The fraction of sp³-hybridized carbons (Fsp3) is 0.333. The van der Waals surface area contributed by atoms with Gasteiger partial charge in [-0.25, -0.2) is 9.97 Å². The molecule has 1 atom stereocenters. The molecule has 2 aromatic rings.